The summed E-state index contributed by atoms with van der Waals surface area (Å²) in [6.07, 6.45) is 4.13. The van der Waals surface area contributed by atoms with Gasteiger partial charge in [-0.15, -0.1) is 0 Å². The molecule has 3 aromatic rings. The molecule has 0 atom stereocenters. The van der Waals surface area contributed by atoms with Gasteiger partial charge in [-0.1, -0.05) is 30.3 Å². The molecule has 0 saturated carbocycles. The Kier molecular flexibility index (Phi) is 2.11. The topological polar surface area (TPSA) is 54.5 Å². The van der Waals surface area contributed by atoms with E-state index in [-0.39, 0.29) is 0 Å². The van der Waals surface area contributed by atoms with E-state index in [1.54, 1.807) is 6.20 Å². The van der Waals surface area contributed by atoms with Crippen molar-refractivity contribution in [2.75, 3.05) is 0 Å². The van der Waals surface area contributed by atoms with Crippen molar-refractivity contribution in [1.29, 1.82) is 0 Å². The standard InChI is InChI=1S/C12H10N4/c1-2-4-9(5-3-1)6-11-10-7-13-8-14-12(10)16-15-11/h1-5,7-8H,6H2,(H,13,14,15,16). The lowest BCUT2D eigenvalue weighted by Crippen LogP contribution is -1.88. The fourth-order valence-corrected chi connectivity index (χ4v) is 1.74. The Morgan fingerprint density at radius 2 is 2.00 bits per heavy atom. The Bertz CT molecular complexity index is 600. The van der Waals surface area contributed by atoms with Crippen LogP contribution >= 0.6 is 0 Å². The second kappa shape index (κ2) is 3.73. The highest BCUT2D eigenvalue weighted by Gasteiger charge is 2.06. The third-order valence-corrected chi connectivity index (χ3v) is 2.54. The lowest BCUT2D eigenvalue weighted by atomic mass is 10.1. The van der Waals surface area contributed by atoms with E-state index in [9.17, 15) is 0 Å². The summed E-state index contributed by atoms with van der Waals surface area (Å²) in [6.45, 7) is 0. The van der Waals surface area contributed by atoms with E-state index in [4.69, 9.17) is 0 Å². The van der Waals surface area contributed by atoms with Gasteiger partial charge in [0.25, 0.3) is 0 Å². The third-order valence-electron chi connectivity index (χ3n) is 2.54. The monoisotopic (exact) mass is 210 g/mol. The second-order valence-electron chi connectivity index (χ2n) is 3.62. The van der Waals surface area contributed by atoms with Gasteiger partial charge in [-0.2, -0.15) is 5.10 Å². The summed E-state index contributed by atoms with van der Waals surface area (Å²) in [7, 11) is 0. The molecule has 2 aromatic heterocycles. The predicted octanol–water partition coefficient (Wildman–Crippen LogP) is 1.94. The van der Waals surface area contributed by atoms with Crippen LogP contribution in [0.25, 0.3) is 11.0 Å². The van der Waals surface area contributed by atoms with Crippen LogP contribution in [0, 0.1) is 0 Å². The Labute approximate surface area is 92.4 Å². The largest absolute Gasteiger partial charge is 0.279 e. The molecule has 1 aromatic carbocycles. The Hall–Kier alpha value is -2.23. The van der Waals surface area contributed by atoms with Crippen molar-refractivity contribution in [1.82, 2.24) is 20.2 Å². The third kappa shape index (κ3) is 1.54. The van der Waals surface area contributed by atoms with Crippen LogP contribution in [0.3, 0.4) is 0 Å². The van der Waals surface area contributed by atoms with E-state index >= 15 is 0 Å². The summed E-state index contributed by atoms with van der Waals surface area (Å²) in [4.78, 5) is 8.11. The van der Waals surface area contributed by atoms with Gasteiger partial charge in [0.1, 0.15) is 6.33 Å². The van der Waals surface area contributed by atoms with Crippen molar-refractivity contribution in [3.8, 4) is 0 Å². The fourth-order valence-electron chi connectivity index (χ4n) is 1.74. The molecule has 0 fully saturated rings. The molecule has 0 aliphatic rings. The predicted molar refractivity (Wildman–Crippen MR) is 60.9 cm³/mol. The molecule has 0 aliphatic heterocycles. The van der Waals surface area contributed by atoms with Crippen molar-refractivity contribution in [3.05, 3.63) is 54.1 Å². The lowest BCUT2D eigenvalue weighted by Gasteiger charge is -1.98. The number of fused-ring (bicyclic) bond motifs is 1. The van der Waals surface area contributed by atoms with E-state index in [2.05, 4.69) is 32.3 Å². The molecule has 0 radical (unpaired) electrons. The zero-order chi connectivity index (χ0) is 10.8. The number of rotatable bonds is 2. The number of aromatic amines is 1. The zero-order valence-corrected chi connectivity index (χ0v) is 8.59. The summed E-state index contributed by atoms with van der Waals surface area (Å²) in [5.41, 5.74) is 3.03. The van der Waals surface area contributed by atoms with Gasteiger partial charge in [0.15, 0.2) is 5.65 Å². The Balaban J connectivity index is 2.01. The highest BCUT2D eigenvalue weighted by Crippen LogP contribution is 2.15. The highest BCUT2D eigenvalue weighted by atomic mass is 15.2. The van der Waals surface area contributed by atoms with E-state index in [0.717, 1.165) is 23.1 Å². The Morgan fingerprint density at radius 3 is 2.88 bits per heavy atom. The molecule has 0 bridgehead atoms. The molecule has 4 nitrogen and oxygen atoms in total. The van der Waals surface area contributed by atoms with E-state index in [1.807, 2.05) is 18.2 Å². The van der Waals surface area contributed by atoms with Gasteiger partial charge in [-0.25, -0.2) is 9.97 Å². The van der Waals surface area contributed by atoms with Gasteiger partial charge in [-0.3, -0.25) is 5.10 Å². The maximum atomic E-state index is 4.14. The van der Waals surface area contributed by atoms with Crippen LogP contribution in [0.5, 0.6) is 0 Å². The molecule has 16 heavy (non-hydrogen) atoms. The van der Waals surface area contributed by atoms with Gasteiger partial charge in [0.2, 0.25) is 0 Å². The van der Waals surface area contributed by atoms with E-state index < -0.39 is 0 Å². The van der Waals surface area contributed by atoms with Crippen molar-refractivity contribution >= 4 is 11.0 Å². The molecule has 0 unspecified atom stereocenters. The van der Waals surface area contributed by atoms with Crippen LogP contribution in [0.2, 0.25) is 0 Å². The van der Waals surface area contributed by atoms with Crippen LogP contribution in [-0.2, 0) is 6.42 Å². The number of nitrogens with one attached hydrogen (secondary N) is 1. The average molecular weight is 210 g/mol. The second-order valence-corrected chi connectivity index (χ2v) is 3.62. The molecule has 1 N–H and O–H groups in total. The number of aromatic nitrogens is 4. The van der Waals surface area contributed by atoms with Crippen molar-refractivity contribution in [2.24, 2.45) is 0 Å². The average Bonchev–Trinajstić information content (AvgIpc) is 2.74. The summed E-state index contributed by atoms with van der Waals surface area (Å²) in [5, 5.41) is 8.14. The maximum Gasteiger partial charge on any atom is 0.184 e. The molecule has 2 heterocycles. The quantitative estimate of drug-likeness (QED) is 0.703. The van der Waals surface area contributed by atoms with Gasteiger partial charge >= 0.3 is 0 Å². The minimum absolute atomic E-state index is 0.723. The fraction of sp³-hybridized carbons (Fsp3) is 0.0833. The minimum atomic E-state index is 0.723. The Morgan fingerprint density at radius 1 is 1.12 bits per heavy atom. The molecule has 4 heteroatoms. The first-order valence-electron chi connectivity index (χ1n) is 5.10. The zero-order valence-electron chi connectivity index (χ0n) is 8.59. The number of hydrogen-bond acceptors (Lipinski definition) is 3. The summed E-state index contributed by atoms with van der Waals surface area (Å²) < 4.78 is 0. The number of benzene rings is 1. The van der Waals surface area contributed by atoms with Gasteiger partial charge < -0.3 is 0 Å². The molecular formula is C12H10N4. The highest BCUT2D eigenvalue weighted by molar-refractivity contribution is 5.76. The first kappa shape index (κ1) is 9.03. The number of H-pyrrole nitrogens is 1. The molecular weight excluding hydrogens is 200 g/mol. The number of hydrogen-bond donors (Lipinski definition) is 1. The van der Waals surface area contributed by atoms with Crippen LogP contribution in [0.4, 0.5) is 0 Å². The minimum Gasteiger partial charge on any atom is -0.279 e. The normalized spacial score (nSPS) is 10.8. The molecule has 78 valence electrons. The van der Waals surface area contributed by atoms with Gasteiger partial charge in [-0.05, 0) is 5.56 Å². The van der Waals surface area contributed by atoms with Gasteiger partial charge in [0, 0.05) is 12.6 Å². The van der Waals surface area contributed by atoms with Crippen LogP contribution in [-0.4, -0.2) is 20.2 Å². The summed E-state index contributed by atoms with van der Waals surface area (Å²) in [5.74, 6) is 0. The van der Waals surface area contributed by atoms with Crippen molar-refractivity contribution in [3.63, 3.8) is 0 Å². The molecule has 0 amide bonds. The van der Waals surface area contributed by atoms with Gasteiger partial charge in [0.05, 0.1) is 11.1 Å². The van der Waals surface area contributed by atoms with Crippen LogP contribution < -0.4 is 0 Å². The number of nitrogens with zero attached hydrogens (tertiary/aromatic N) is 3. The molecule has 0 saturated heterocycles. The SMILES string of the molecule is c1ccc(Cc2[nH]nc3ncncc23)cc1. The lowest BCUT2D eigenvalue weighted by molar-refractivity contribution is 1.00. The molecule has 0 spiro atoms. The van der Waals surface area contributed by atoms with Crippen LogP contribution in [0.15, 0.2) is 42.9 Å². The molecule has 3 rings (SSSR count). The molecule has 0 aliphatic carbocycles. The van der Waals surface area contributed by atoms with E-state index in [0.29, 0.717) is 0 Å². The first-order valence-corrected chi connectivity index (χ1v) is 5.10. The van der Waals surface area contributed by atoms with Crippen molar-refractivity contribution in [2.45, 2.75) is 6.42 Å². The van der Waals surface area contributed by atoms with Crippen LogP contribution in [0.1, 0.15) is 11.3 Å². The first-order chi connectivity index (χ1) is 7.93. The summed E-state index contributed by atoms with van der Waals surface area (Å²) in [6, 6.07) is 10.3. The summed E-state index contributed by atoms with van der Waals surface area (Å²) >= 11 is 0. The van der Waals surface area contributed by atoms with E-state index in [1.165, 1.54) is 11.9 Å². The maximum absolute atomic E-state index is 4.14. The van der Waals surface area contributed by atoms with Crippen molar-refractivity contribution < 1.29 is 0 Å². The smallest absolute Gasteiger partial charge is 0.184 e.